The van der Waals surface area contributed by atoms with Gasteiger partial charge in [-0.1, -0.05) is 65.4 Å². The van der Waals surface area contributed by atoms with Crippen molar-refractivity contribution < 1.29 is 4.42 Å². The van der Waals surface area contributed by atoms with E-state index >= 15 is 0 Å². The summed E-state index contributed by atoms with van der Waals surface area (Å²) in [6.07, 6.45) is 0. The Balaban J connectivity index is 1.65. The largest absolute Gasteiger partial charge is 0.456 e. The fourth-order valence-electron chi connectivity index (χ4n) is 3.01. The molecule has 0 bridgehead atoms. The number of halogens is 1. The number of thiazole rings is 1. The van der Waals surface area contributed by atoms with Gasteiger partial charge in [-0.05, 0) is 30.3 Å². The molecule has 0 unspecified atom stereocenters. The molecule has 2 heterocycles. The van der Waals surface area contributed by atoms with Crippen LogP contribution >= 0.6 is 22.9 Å². The topological polar surface area (TPSA) is 50.4 Å². The Bertz CT molecular complexity index is 1330. The first-order chi connectivity index (χ1) is 13.8. The number of rotatable bonds is 3. The van der Waals surface area contributed by atoms with Crippen molar-refractivity contribution in [2.75, 3.05) is 5.43 Å². The van der Waals surface area contributed by atoms with Crippen LogP contribution in [0.1, 0.15) is 0 Å². The normalized spacial score (nSPS) is 12.0. The summed E-state index contributed by atoms with van der Waals surface area (Å²) in [7, 11) is 0. The van der Waals surface area contributed by atoms with Gasteiger partial charge < -0.3 is 4.42 Å². The lowest BCUT2D eigenvalue weighted by Gasteiger charge is -2.05. The minimum atomic E-state index is 0.631. The van der Waals surface area contributed by atoms with Crippen LogP contribution in [0, 0.1) is 0 Å². The molecule has 5 rings (SSSR count). The van der Waals surface area contributed by atoms with E-state index in [2.05, 4.69) is 15.5 Å². The lowest BCUT2D eigenvalue weighted by atomic mass is 10.1. The van der Waals surface area contributed by atoms with Gasteiger partial charge in [-0.3, -0.25) is 5.43 Å². The van der Waals surface area contributed by atoms with Crippen LogP contribution in [-0.2, 0) is 0 Å². The zero-order valence-electron chi connectivity index (χ0n) is 14.6. The van der Waals surface area contributed by atoms with E-state index in [-0.39, 0.29) is 0 Å². The Kier molecular flexibility index (Phi) is 4.31. The first-order valence-electron chi connectivity index (χ1n) is 8.70. The van der Waals surface area contributed by atoms with Gasteiger partial charge in [-0.15, -0.1) is 0 Å². The number of hydrogen-bond acceptors (Lipinski definition) is 5. The molecule has 2 aromatic heterocycles. The van der Waals surface area contributed by atoms with Crippen molar-refractivity contribution in [1.82, 2.24) is 4.98 Å². The molecule has 5 aromatic rings. The number of para-hydroxylation sites is 1. The van der Waals surface area contributed by atoms with Crippen LogP contribution in [0.5, 0.6) is 0 Å². The highest BCUT2D eigenvalue weighted by Gasteiger charge is 2.07. The Morgan fingerprint density at radius 1 is 0.929 bits per heavy atom. The van der Waals surface area contributed by atoms with Gasteiger partial charge in [0.15, 0.2) is 0 Å². The fraction of sp³-hybridized carbons (Fsp3) is 0. The predicted octanol–water partition coefficient (Wildman–Crippen LogP) is 6.29. The number of nitrogens with one attached hydrogen (secondary N) is 1. The molecule has 0 amide bonds. The Hall–Kier alpha value is -3.15. The van der Waals surface area contributed by atoms with Crippen LogP contribution in [-0.4, -0.2) is 4.98 Å². The fourth-order valence-corrected chi connectivity index (χ4v) is 3.99. The van der Waals surface area contributed by atoms with Gasteiger partial charge in [-0.25, -0.2) is 4.98 Å². The van der Waals surface area contributed by atoms with Crippen LogP contribution in [0.15, 0.2) is 88.4 Å². The molecule has 0 saturated heterocycles. The van der Waals surface area contributed by atoms with Crippen LogP contribution in [0.2, 0.25) is 5.02 Å². The van der Waals surface area contributed by atoms with E-state index in [1.807, 2.05) is 78.9 Å². The molecule has 3 aromatic carbocycles. The number of fused-ring (bicyclic) bond motifs is 2. The predicted molar refractivity (Wildman–Crippen MR) is 115 cm³/mol. The average Bonchev–Trinajstić information content (AvgIpc) is 3.15. The molecule has 0 spiro atoms. The zero-order chi connectivity index (χ0) is 18.9. The van der Waals surface area contributed by atoms with Gasteiger partial charge in [0.25, 0.3) is 0 Å². The number of anilines is 1. The molecule has 0 aliphatic carbocycles. The van der Waals surface area contributed by atoms with Gasteiger partial charge in [0.1, 0.15) is 11.3 Å². The summed E-state index contributed by atoms with van der Waals surface area (Å²) in [6, 6.07) is 25.4. The van der Waals surface area contributed by atoms with Gasteiger partial charge in [0.05, 0.1) is 15.6 Å². The molecule has 1 N–H and O–H groups in total. The summed E-state index contributed by atoms with van der Waals surface area (Å²) >= 11 is 7.76. The van der Waals surface area contributed by atoms with Gasteiger partial charge in [0.2, 0.25) is 5.13 Å². The third kappa shape index (κ3) is 3.26. The molecule has 0 atom stereocenters. The molecule has 0 radical (unpaired) electrons. The van der Waals surface area contributed by atoms with Crippen molar-refractivity contribution >= 4 is 49.3 Å². The van der Waals surface area contributed by atoms with Crippen LogP contribution in [0.3, 0.4) is 0 Å². The Labute approximate surface area is 169 Å². The Morgan fingerprint density at radius 3 is 2.61 bits per heavy atom. The van der Waals surface area contributed by atoms with Crippen molar-refractivity contribution in [1.29, 1.82) is 0 Å². The van der Waals surface area contributed by atoms with E-state index in [1.54, 1.807) is 11.3 Å². The first kappa shape index (κ1) is 17.0. The average molecular weight is 404 g/mol. The number of nitrogens with zero attached hydrogens (tertiary/aromatic N) is 2. The van der Waals surface area contributed by atoms with Gasteiger partial charge >= 0.3 is 0 Å². The molecule has 0 aliphatic heterocycles. The maximum Gasteiger partial charge on any atom is 0.204 e. The maximum atomic E-state index is 6.20. The second-order valence-corrected chi connectivity index (χ2v) is 7.68. The molecule has 6 heteroatoms. The lowest BCUT2D eigenvalue weighted by Crippen LogP contribution is -2.07. The van der Waals surface area contributed by atoms with Crippen LogP contribution in [0.4, 0.5) is 5.13 Å². The van der Waals surface area contributed by atoms with E-state index in [0.29, 0.717) is 5.02 Å². The Morgan fingerprint density at radius 2 is 1.75 bits per heavy atom. The summed E-state index contributed by atoms with van der Waals surface area (Å²) < 4.78 is 7.20. The zero-order valence-corrected chi connectivity index (χ0v) is 16.2. The highest BCUT2D eigenvalue weighted by atomic mass is 35.5. The molecule has 28 heavy (non-hydrogen) atoms. The van der Waals surface area contributed by atoms with Crippen LogP contribution in [0.25, 0.3) is 32.5 Å². The van der Waals surface area contributed by atoms with Crippen molar-refractivity contribution in [3.63, 3.8) is 0 Å². The molecule has 0 aliphatic rings. The second-order valence-electron chi connectivity index (χ2n) is 6.21. The van der Waals surface area contributed by atoms with E-state index in [9.17, 15) is 0 Å². The summed E-state index contributed by atoms with van der Waals surface area (Å²) in [5.74, 6) is 0.736. The standard InChI is InChI=1S/C22H14ClN3OS/c23-15-10-11-19-16(12-15)18(13-20(27-19)14-6-2-1-3-7-14)25-26-22-24-17-8-4-5-9-21(17)28-22/h1-13H,(H,24,26)/b25-18-. The van der Waals surface area contributed by atoms with Crippen molar-refractivity contribution in [2.24, 2.45) is 5.10 Å². The van der Waals surface area contributed by atoms with E-state index in [0.717, 1.165) is 43.0 Å². The highest BCUT2D eigenvalue weighted by Crippen LogP contribution is 2.26. The third-order valence-corrected chi connectivity index (χ3v) is 5.51. The first-order valence-corrected chi connectivity index (χ1v) is 9.90. The monoisotopic (exact) mass is 403 g/mol. The van der Waals surface area contributed by atoms with Gasteiger partial charge in [-0.2, -0.15) is 5.10 Å². The van der Waals surface area contributed by atoms with Gasteiger partial charge in [0, 0.05) is 22.0 Å². The van der Waals surface area contributed by atoms with Crippen molar-refractivity contribution in [2.45, 2.75) is 0 Å². The minimum Gasteiger partial charge on any atom is -0.456 e. The summed E-state index contributed by atoms with van der Waals surface area (Å²) in [6.45, 7) is 0. The van der Waals surface area contributed by atoms with E-state index in [1.165, 1.54) is 0 Å². The van der Waals surface area contributed by atoms with E-state index in [4.69, 9.17) is 16.0 Å². The molecule has 0 saturated carbocycles. The highest BCUT2D eigenvalue weighted by molar-refractivity contribution is 7.22. The molecular formula is C22H14ClN3OS. The number of aromatic nitrogens is 1. The quantitative estimate of drug-likeness (QED) is 0.360. The van der Waals surface area contributed by atoms with Crippen molar-refractivity contribution in [3.8, 4) is 11.3 Å². The maximum absolute atomic E-state index is 6.20. The van der Waals surface area contributed by atoms with E-state index < -0.39 is 0 Å². The summed E-state index contributed by atoms with van der Waals surface area (Å²) in [5, 5.41) is 7.54. The minimum absolute atomic E-state index is 0.631. The SMILES string of the molecule is Clc1ccc2oc(-c3ccccc3)c/c(=N/Nc3nc4ccccc4s3)c2c1. The molecule has 0 fully saturated rings. The molecular weight excluding hydrogens is 390 g/mol. The number of benzene rings is 3. The van der Waals surface area contributed by atoms with Crippen molar-refractivity contribution in [3.05, 3.63) is 89.2 Å². The summed E-state index contributed by atoms with van der Waals surface area (Å²) in [4.78, 5) is 4.57. The molecule has 136 valence electrons. The number of hydrogen-bond donors (Lipinski definition) is 1. The lowest BCUT2D eigenvalue weighted by molar-refractivity contribution is 0.618. The second kappa shape index (κ2) is 7.11. The van der Waals surface area contributed by atoms with Crippen LogP contribution < -0.4 is 10.8 Å². The molecule has 4 nitrogen and oxygen atoms in total. The summed E-state index contributed by atoms with van der Waals surface area (Å²) in [5.41, 5.74) is 5.74. The third-order valence-electron chi connectivity index (χ3n) is 4.33. The smallest absolute Gasteiger partial charge is 0.204 e.